The van der Waals surface area contributed by atoms with E-state index in [2.05, 4.69) is 10.6 Å². The number of carbonyl (C=O) groups is 2. The van der Waals surface area contributed by atoms with Crippen LogP contribution >= 0.6 is 0 Å². The molecular formula is C15H21N3O3. The first-order valence-corrected chi connectivity index (χ1v) is 6.97. The summed E-state index contributed by atoms with van der Waals surface area (Å²) >= 11 is 0. The molecule has 0 bridgehead atoms. The normalized spacial score (nSPS) is 17.4. The Morgan fingerprint density at radius 2 is 2.14 bits per heavy atom. The SMILES string of the molecule is COc1ccc(NC(=O)C2CCCN2)cc1C(=O)N(C)C. The predicted molar refractivity (Wildman–Crippen MR) is 80.7 cm³/mol. The summed E-state index contributed by atoms with van der Waals surface area (Å²) in [5.74, 6) is 0.258. The maximum absolute atomic E-state index is 12.1. The number of benzene rings is 1. The maximum Gasteiger partial charge on any atom is 0.257 e. The number of methoxy groups -OCH3 is 1. The van der Waals surface area contributed by atoms with Gasteiger partial charge in [0.15, 0.2) is 0 Å². The second-order valence-corrected chi connectivity index (χ2v) is 5.25. The molecule has 0 saturated carbocycles. The molecule has 2 amide bonds. The van der Waals surface area contributed by atoms with Gasteiger partial charge in [0, 0.05) is 19.8 Å². The number of hydrogen-bond acceptors (Lipinski definition) is 4. The first kappa shape index (κ1) is 15.3. The van der Waals surface area contributed by atoms with Crippen molar-refractivity contribution in [2.45, 2.75) is 18.9 Å². The molecule has 1 aliphatic rings. The molecule has 6 nitrogen and oxygen atoms in total. The molecule has 1 aromatic carbocycles. The molecule has 114 valence electrons. The molecule has 0 radical (unpaired) electrons. The Hall–Kier alpha value is -2.08. The summed E-state index contributed by atoms with van der Waals surface area (Å²) in [7, 11) is 4.87. The van der Waals surface area contributed by atoms with E-state index in [9.17, 15) is 9.59 Å². The van der Waals surface area contributed by atoms with Gasteiger partial charge in [0.2, 0.25) is 5.91 Å². The van der Waals surface area contributed by atoms with E-state index < -0.39 is 0 Å². The summed E-state index contributed by atoms with van der Waals surface area (Å²) in [5, 5.41) is 5.98. The number of hydrogen-bond donors (Lipinski definition) is 2. The minimum atomic E-state index is -0.165. The van der Waals surface area contributed by atoms with Crippen molar-refractivity contribution >= 4 is 17.5 Å². The van der Waals surface area contributed by atoms with E-state index in [1.807, 2.05) is 0 Å². The standard InChI is InChI=1S/C15H21N3O3/c1-18(2)15(20)11-9-10(6-7-13(11)21-3)17-14(19)12-5-4-8-16-12/h6-7,9,12,16H,4-5,8H2,1-3H3,(H,17,19). The lowest BCUT2D eigenvalue weighted by Crippen LogP contribution is -2.35. The molecule has 2 rings (SSSR count). The summed E-state index contributed by atoms with van der Waals surface area (Å²) in [6.45, 7) is 0.866. The van der Waals surface area contributed by atoms with Crippen molar-refractivity contribution in [3.63, 3.8) is 0 Å². The third-order valence-electron chi connectivity index (χ3n) is 3.48. The highest BCUT2D eigenvalue weighted by Crippen LogP contribution is 2.24. The highest BCUT2D eigenvalue weighted by Gasteiger charge is 2.22. The highest BCUT2D eigenvalue weighted by molar-refractivity contribution is 6.00. The van der Waals surface area contributed by atoms with Gasteiger partial charge in [0.25, 0.3) is 5.91 Å². The van der Waals surface area contributed by atoms with Crippen LogP contribution in [0.5, 0.6) is 5.75 Å². The van der Waals surface area contributed by atoms with Gasteiger partial charge >= 0.3 is 0 Å². The van der Waals surface area contributed by atoms with Crippen molar-refractivity contribution < 1.29 is 14.3 Å². The van der Waals surface area contributed by atoms with Crippen LogP contribution in [0.15, 0.2) is 18.2 Å². The van der Waals surface area contributed by atoms with Crippen LogP contribution in [0.25, 0.3) is 0 Å². The van der Waals surface area contributed by atoms with Gasteiger partial charge in [0.1, 0.15) is 5.75 Å². The predicted octanol–water partition coefficient (Wildman–Crippen LogP) is 1.09. The Morgan fingerprint density at radius 1 is 1.38 bits per heavy atom. The quantitative estimate of drug-likeness (QED) is 0.871. The molecule has 1 unspecified atom stereocenters. The molecule has 1 fully saturated rings. The minimum Gasteiger partial charge on any atom is -0.496 e. The third kappa shape index (κ3) is 3.52. The monoisotopic (exact) mass is 291 g/mol. The lowest BCUT2D eigenvalue weighted by Gasteiger charge is -2.16. The number of rotatable bonds is 4. The van der Waals surface area contributed by atoms with Gasteiger partial charge in [-0.2, -0.15) is 0 Å². The van der Waals surface area contributed by atoms with Gasteiger partial charge in [-0.3, -0.25) is 9.59 Å². The van der Waals surface area contributed by atoms with Crippen molar-refractivity contribution in [2.24, 2.45) is 0 Å². The number of amides is 2. The summed E-state index contributed by atoms with van der Waals surface area (Å²) in [5.41, 5.74) is 1.03. The molecule has 0 spiro atoms. The Kier molecular flexibility index (Phi) is 4.80. The van der Waals surface area contributed by atoms with Crippen LogP contribution in [0.2, 0.25) is 0 Å². The molecule has 1 aliphatic heterocycles. The largest absolute Gasteiger partial charge is 0.496 e. The Balaban J connectivity index is 2.18. The highest BCUT2D eigenvalue weighted by atomic mass is 16.5. The van der Waals surface area contributed by atoms with E-state index in [0.29, 0.717) is 17.0 Å². The molecule has 1 saturated heterocycles. The summed E-state index contributed by atoms with van der Waals surface area (Å²) < 4.78 is 5.20. The van der Waals surface area contributed by atoms with Gasteiger partial charge in [-0.25, -0.2) is 0 Å². The third-order valence-corrected chi connectivity index (χ3v) is 3.48. The van der Waals surface area contributed by atoms with Crippen molar-refractivity contribution in [3.05, 3.63) is 23.8 Å². The molecule has 2 N–H and O–H groups in total. The van der Waals surface area contributed by atoms with Crippen molar-refractivity contribution in [1.29, 1.82) is 0 Å². The van der Waals surface area contributed by atoms with Crippen LogP contribution in [0, 0.1) is 0 Å². The number of nitrogens with one attached hydrogen (secondary N) is 2. The zero-order valence-electron chi connectivity index (χ0n) is 12.6. The maximum atomic E-state index is 12.1. The van der Waals surface area contributed by atoms with Crippen LogP contribution in [0.3, 0.4) is 0 Å². The van der Waals surface area contributed by atoms with Crippen LogP contribution < -0.4 is 15.4 Å². The topological polar surface area (TPSA) is 70.7 Å². The average molecular weight is 291 g/mol. The van der Waals surface area contributed by atoms with E-state index >= 15 is 0 Å². The van der Waals surface area contributed by atoms with Gasteiger partial charge in [0.05, 0.1) is 18.7 Å². The summed E-state index contributed by atoms with van der Waals surface area (Å²) in [4.78, 5) is 25.7. The Labute approximate surface area is 124 Å². The molecule has 0 aromatic heterocycles. The molecular weight excluding hydrogens is 270 g/mol. The van der Waals surface area contributed by atoms with E-state index in [-0.39, 0.29) is 17.9 Å². The number of nitrogens with zero attached hydrogens (tertiary/aromatic N) is 1. The van der Waals surface area contributed by atoms with Gasteiger partial charge in [-0.1, -0.05) is 0 Å². The summed E-state index contributed by atoms with van der Waals surface area (Å²) in [6.07, 6.45) is 1.84. The van der Waals surface area contributed by atoms with Crippen LogP contribution in [0.4, 0.5) is 5.69 Å². The molecule has 1 aromatic rings. The number of carbonyl (C=O) groups excluding carboxylic acids is 2. The number of anilines is 1. The van der Waals surface area contributed by atoms with Gasteiger partial charge in [-0.05, 0) is 37.6 Å². The zero-order valence-corrected chi connectivity index (χ0v) is 12.6. The fraction of sp³-hybridized carbons (Fsp3) is 0.467. The molecule has 6 heteroatoms. The first-order valence-electron chi connectivity index (χ1n) is 6.97. The Bertz CT molecular complexity index is 537. The lowest BCUT2D eigenvalue weighted by molar-refractivity contribution is -0.117. The molecule has 21 heavy (non-hydrogen) atoms. The molecule has 1 heterocycles. The van der Waals surface area contributed by atoms with E-state index in [1.54, 1.807) is 32.3 Å². The second-order valence-electron chi connectivity index (χ2n) is 5.25. The zero-order chi connectivity index (χ0) is 15.4. The van der Waals surface area contributed by atoms with E-state index in [1.165, 1.54) is 12.0 Å². The molecule has 0 aliphatic carbocycles. The lowest BCUT2D eigenvalue weighted by atomic mass is 10.1. The fourth-order valence-corrected chi connectivity index (χ4v) is 2.33. The van der Waals surface area contributed by atoms with Crippen LogP contribution in [0.1, 0.15) is 23.2 Å². The van der Waals surface area contributed by atoms with Crippen molar-refractivity contribution in [1.82, 2.24) is 10.2 Å². The summed E-state index contributed by atoms with van der Waals surface area (Å²) in [6, 6.07) is 4.92. The fourth-order valence-electron chi connectivity index (χ4n) is 2.33. The number of ether oxygens (including phenoxy) is 1. The smallest absolute Gasteiger partial charge is 0.257 e. The van der Waals surface area contributed by atoms with Crippen molar-refractivity contribution in [2.75, 3.05) is 33.1 Å². The Morgan fingerprint density at radius 3 is 2.71 bits per heavy atom. The average Bonchev–Trinajstić information content (AvgIpc) is 3.00. The first-order chi connectivity index (χ1) is 10.0. The van der Waals surface area contributed by atoms with E-state index in [0.717, 1.165) is 19.4 Å². The minimum absolute atomic E-state index is 0.0686. The van der Waals surface area contributed by atoms with E-state index in [4.69, 9.17) is 4.74 Å². The van der Waals surface area contributed by atoms with Gasteiger partial charge in [-0.15, -0.1) is 0 Å². The van der Waals surface area contributed by atoms with Crippen LogP contribution in [-0.2, 0) is 4.79 Å². The second kappa shape index (κ2) is 6.58. The van der Waals surface area contributed by atoms with Crippen LogP contribution in [-0.4, -0.2) is 50.5 Å². The molecule has 1 atom stereocenters. The van der Waals surface area contributed by atoms with Crippen molar-refractivity contribution in [3.8, 4) is 5.75 Å². The van der Waals surface area contributed by atoms with Gasteiger partial charge < -0.3 is 20.3 Å².